The van der Waals surface area contributed by atoms with Crippen LogP contribution >= 0.6 is 0 Å². The molecule has 0 N–H and O–H groups in total. The second kappa shape index (κ2) is 39.5. The van der Waals surface area contributed by atoms with Crippen LogP contribution in [0.3, 0.4) is 0 Å². The molecule has 0 aliphatic heterocycles. The van der Waals surface area contributed by atoms with E-state index >= 15 is 0 Å². The Morgan fingerprint density at radius 1 is 0.256 bits per heavy atom. The van der Waals surface area contributed by atoms with Crippen molar-refractivity contribution in [3.8, 4) is 0 Å². The monoisotopic (exact) mass is 631 g/mol. The lowest BCUT2D eigenvalue weighted by Crippen LogP contribution is -2.19. The lowest BCUT2D eigenvalue weighted by atomic mass is 10.6. The first-order valence-corrected chi connectivity index (χ1v) is 15.3. The number of hydrogen-bond donors (Lipinski definition) is 0. The van der Waals surface area contributed by atoms with Crippen molar-refractivity contribution in [1.29, 1.82) is 0 Å². The molecule has 0 unspecified atom stereocenters. The summed E-state index contributed by atoms with van der Waals surface area (Å²) in [4.78, 5) is 2.08. The molecule has 0 fully saturated rings. The summed E-state index contributed by atoms with van der Waals surface area (Å²) in [6, 6.07) is 0. The lowest BCUT2D eigenvalue weighted by molar-refractivity contribution is -0.0288. The number of rotatable bonds is 39. The SMILES string of the molecule is COCCOCCOCCOCCOCCOCCOCCOCCOCCOCCOCCOCCOCCN(C)C. The van der Waals surface area contributed by atoms with Crippen molar-refractivity contribution in [2.75, 3.05) is 193 Å². The largest absolute Gasteiger partial charge is 0.382 e. The van der Waals surface area contributed by atoms with Gasteiger partial charge in [-0.3, -0.25) is 0 Å². The van der Waals surface area contributed by atoms with Crippen molar-refractivity contribution in [3.63, 3.8) is 0 Å². The molecule has 0 aliphatic carbocycles. The molecule has 0 aromatic carbocycles. The molecule has 0 aliphatic rings. The second-order valence-corrected chi connectivity index (χ2v) is 9.14. The molecule has 43 heavy (non-hydrogen) atoms. The first-order valence-electron chi connectivity index (χ1n) is 15.3. The van der Waals surface area contributed by atoms with E-state index in [2.05, 4.69) is 4.90 Å². The normalized spacial score (nSPS) is 11.7. The molecule has 0 amide bonds. The van der Waals surface area contributed by atoms with E-state index in [9.17, 15) is 0 Å². The van der Waals surface area contributed by atoms with E-state index in [1.165, 1.54) is 0 Å². The van der Waals surface area contributed by atoms with Gasteiger partial charge in [0, 0.05) is 13.7 Å². The summed E-state index contributed by atoms with van der Waals surface area (Å²) in [5.41, 5.74) is 0. The molecule has 0 saturated carbocycles. The van der Waals surface area contributed by atoms with E-state index in [0.29, 0.717) is 159 Å². The Morgan fingerprint density at radius 2 is 0.419 bits per heavy atom. The average molecular weight is 632 g/mol. The fourth-order valence-corrected chi connectivity index (χ4v) is 2.91. The highest BCUT2D eigenvalue weighted by Crippen LogP contribution is 1.87. The maximum atomic E-state index is 5.48. The minimum atomic E-state index is 0.514. The van der Waals surface area contributed by atoms with Crippen LogP contribution in [0.1, 0.15) is 0 Å². The molecule has 0 rings (SSSR count). The van der Waals surface area contributed by atoms with Gasteiger partial charge in [-0.15, -0.1) is 0 Å². The fourth-order valence-electron chi connectivity index (χ4n) is 2.91. The third-order valence-corrected chi connectivity index (χ3v) is 5.21. The lowest BCUT2D eigenvalue weighted by Gasteiger charge is -2.10. The molecule has 14 nitrogen and oxygen atoms in total. The van der Waals surface area contributed by atoms with Crippen LogP contribution in [0, 0.1) is 0 Å². The van der Waals surface area contributed by atoms with E-state index in [0.717, 1.165) is 13.2 Å². The third kappa shape index (κ3) is 41.4. The summed E-state index contributed by atoms with van der Waals surface area (Å²) in [6.07, 6.45) is 0. The van der Waals surface area contributed by atoms with Gasteiger partial charge in [-0.25, -0.2) is 0 Å². The number of hydrogen-bond acceptors (Lipinski definition) is 14. The Bertz CT molecular complexity index is 495. The van der Waals surface area contributed by atoms with Crippen molar-refractivity contribution < 1.29 is 61.6 Å². The summed E-state index contributed by atoms with van der Waals surface area (Å²) in [7, 11) is 5.69. The Balaban J connectivity index is 3.03. The van der Waals surface area contributed by atoms with Gasteiger partial charge in [0.2, 0.25) is 0 Å². The molecule has 0 atom stereocenters. The third-order valence-electron chi connectivity index (χ3n) is 5.21. The molecule has 0 aromatic heterocycles. The van der Waals surface area contributed by atoms with Gasteiger partial charge in [-0.1, -0.05) is 0 Å². The van der Waals surface area contributed by atoms with Crippen LogP contribution in [0.2, 0.25) is 0 Å². The first-order chi connectivity index (χ1) is 21.3. The molecule has 0 radical (unpaired) electrons. The van der Waals surface area contributed by atoms with Gasteiger partial charge in [0.25, 0.3) is 0 Å². The Hall–Kier alpha value is -0.560. The summed E-state index contributed by atoms with van der Waals surface area (Å²) >= 11 is 0. The predicted molar refractivity (Wildman–Crippen MR) is 160 cm³/mol. The van der Waals surface area contributed by atoms with Gasteiger partial charge in [-0.05, 0) is 14.1 Å². The zero-order chi connectivity index (χ0) is 31.2. The van der Waals surface area contributed by atoms with E-state index < -0.39 is 0 Å². The van der Waals surface area contributed by atoms with Gasteiger partial charge < -0.3 is 66.5 Å². The van der Waals surface area contributed by atoms with E-state index in [1.54, 1.807) is 7.11 Å². The topological polar surface area (TPSA) is 123 Å². The summed E-state index contributed by atoms with van der Waals surface area (Å²) in [6.45, 7) is 14.5. The van der Waals surface area contributed by atoms with Crippen LogP contribution in [0.15, 0.2) is 0 Å². The maximum absolute atomic E-state index is 5.48. The molecular weight excluding hydrogens is 570 g/mol. The molecule has 0 spiro atoms. The number of methoxy groups -OCH3 is 1. The van der Waals surface area contributed by atoms with Crippen molar-refractivity contribution in [3.05, 3.63) is 0 Å². The standard InChI is InChI=1S/C29H61NO13/c1-30(2)4-5-32-8-9-34-12-13-36-16-17-38-20-21-40-24-25-42-28-29-43-27-26-41-23-22-39-19-18-37-15-14-35-11-10-33-7-6-31-3/h4-29H2,1-3H3. The van der Waals surface area contributed by atoms with Gasteiger partial charge in [0.1, 0.15) is 0 Å². The Labute approximate surface area is 259 Å². The second-order valence-electron chi connectivity index (χ2n) is 9.14. The Kier molecular flexibility index (Phi) is 39.0. The molecule has 0 heterocycles. The first kappa shape index (κ1) is 42.4. The average Bonchev–Trinajstić information content (AvgIpc) is 3.00. The quantitative estimate of drug-likeness (QED) is 0.0870. The predicted octanol–water partition coefficient (Wildman–Crippen LogP) is 0.394. The van der Waals surface area contributed by atoms with E-state index in [4.69, 9.17) is 61.6 Å². The van der Waals surface area contributed by atoms with Crippen LogP contribution in [-0.4, -0.2) is 198 Å². The van der Waals surface area contributed by atoms with Crippen LogP contribution in [0.25, 0.3) is 0 Å². The Morgan fingerprint density at radius 3 is 0.581 bits per heavy atom. The molecule has 0 bridgehead atoms. The van der Waals surface area contributed by atoms with Crippen molar-refractivity contribution in [2.24, 2.45) is 0 Å². The molecule has 0 saturated heterocycles. The van der Waals surface area contributed by atoms with Crippen LogP contribution < -0.4 is 0 Å². The van der Waals surface area contributed by atoms with Crippen molar-refractivity contribution >= 4 is 0 Å². The van der Waals surface area contributed by atoms with Gasteiger partial charge >= 0.3 is 0 Å². The highest BCUT2D eigenvalue weighted by Gasteiger charge is 1.97. The van der Waals surface area contributed by atoms with Gasteiger partial charge in [0.05, 0.1) is 165 Å². The molecule has 260 valence electrons. The van der Waals surface area contributed by atoms with E-state index in [1.807, 2.05) is 14.1 Å². The molecule has 0 aromatic rings. The number of likely N-dealkylation sites (N-methyl/N-ethyl adjacent to an activating group) is 1. The highest BCUT2D eigenvalue weighted by molar-refractivity contribution is 4.41. The zero-order valence-corrected chi connectivity index (χ0v) is 27.1. The van der Waals surface area contributed by atoms with Crippen LogP contribution in [0.4, 0.5) is 0 Å². The smallest absolute Gasteiger partial charge is 0.0701 e. The summed E-state index contributed by atoms with van der Waals surface area (Å²) in [5, 5.41) is 0. The highest BCUT2D eigenvalue weighted by atomic mass is 16.6. The summed E-state index contributed by atoms with van der Waals surface area (Å²) in [5.74, 6) is 0. The van der Waals surface area contributed by atoms with Gasteiger partial charge in [0.15, 0.2) is 0 Å². The maximum Gasteiger partial charge on any atom is 0.0701 e. The minimum Gasteiger partial charge on any atom is -0.382 e. The molecular formula is C29H61NO13. The molecule has 14 heteroatoms. The van der Waals surface area contributed by atoms with Crippen molar-refractivity contribution in [1.82, 2.24) is 4.90 Å². The summed E-state index contributed by atoms with van der Waals surface area (Å²) < 4.78 is 70.2. The number of ether oxygens (including phenoxy) is 13. The van der Waals surface area contributed by atoms with E-state index in [-0.39, 0.29) is 0 Å². The van der Waals surface area contributed by atoms with Crippen LogP contribution in [-0.2, 0) is 61.6 Å². The number of nitrogens with zero attached hydrogens (tertiary/aromatic N) is 1. The van der Waals surface area contributed by atoms with Crippen molar-refractivity contribution in [2.45, 2.75) is 0 Å². The van der Waals surface area contributed by atoms with Gasteiger partial charge in [-0.2, -0.15) is 0 Å². The zero-order valence-electron chi connectivity index (χ0n) is 27.1. The fraction of sp³-hybridized carbons (Fsp3) is 1.00. The van der Waals surface area contributed by atoms with Crippen LogP contribution in [0.5, 0.6) is 0 Å². The minimum absolute atomic E-state index is 0.514.